The zero-order valence-corrected chi connectivity index (χ0v) is 19.2. The minimum Gasteiger partial charge on any atom is -0.273 e. The maximum absolute atomic E-state index is 12.0. The van der Waals surface area contributed by atoms with Gasteiger partial charge in [0.1, 0.15) is 0 Å². The molecule has 0 heterocycles. The predicted octanol–water partition coefficient (Wildman–Crippen LogP) is 3.26. The van der Waals surface area contributed by atoms with Crippen LogP contribution in [0.25, 0.3) is 0 Å². The molecule has 0 aromatic heterocycles. The number of hydrogen-bond donors (Lipinski definition) is 4. The van der Waals surface area contributed by atoms with Gasteiger partial charge in [-0.2, -0.15) is 0 Å². The van der Waals surface area contributed by atoms with Gasteiger partial charge in [0.05, 0.1) is 0 Å². The number of amides is 4. The van der Waals surface area contributed by atoms with Gasteiger partial charge < -0.3 is 0 Å². The topological polar surface area (TPSA) is 116 Å². The van der Waals surface area contributed by atoms with Gasteiger partial charge in [-0.25, -0.2) is 0 Å². The first-order chi connectivity index (χ1) is 15.8. The van der Waals surface area contributed by atoms with Gasteiger partial charge >= 0.3 is 0 Å². The van der Waals surface area contributed by atoms with Crippen molar-refractivity contribution in [3.8, 4) is 0 Å². The molecular formula is C25H32N4O4. The SMILES string of the molecule is Cc1ccc(C(=O)NNC(=O)CCCCCCCC(=O)NNC(=O)c2ccc(C)cc2)cc1. The van der Waals surface area contributed by atoms with Crippen LogP contribution in [0, 0.1) is 13.8 Å². The molecule has 0 aliphatic rings. The summed E-state index contributed by atoms with van der Waals surface area (Å²) in [7, 11) is 0. The number of aryl methyl sites for hydroxylation is 2. The standard InChI is InChI=1S/C25H32N4O4/c1-18-10-14-20(15-11-18)24(32)28-26-22(30)8-6-4-3-5-7-9-23(31)27-29-25(33)21-16-12-19(2)13-17-21/h10-17H,3-9H2,1-2H3,(H,26,30)(H,27,31)(H,28,32)(H,29,33). The van der Waals surface area contributed by atoms with Gasteiger partial charge in [-0.05, 0) is 51.0 Å². The normalized spacial score (nSPS) is 10.2. The fourth-order valence-electron chi connectivity index (χ4n) is 3.03. The number of carbonyl (C=O) groups is 4. The van der Waals surface area contributed by atoms with Gasteiger partial charge in [0.25, 0.3) is 11.8 Å². The average Bonchev–Trinajstić information content (AvgIpc) is 2.81. The van der Waals surface area contributed by atoms with Gasteiger partial charge in [-0.3, -0.25) is 40.9 Å². The Balaban J connectivity index is 1.47. The Bertz CT molecular complexity index is 862. The van der Waals surface area contributed by atoms with E-state index in [2.05, 4.69) is 21.7 Å². The van der Waals surface area contributed by atoms with Gasteiger partial charge in [-0.15, -0.1) is 0 Å². The fraction of sp³-hybridized carbons (Fsp3) is 0.360. The maximum atomic E-state index is 12.0. The van der Waals surface area contributed by atoms with Crippen molar-refractivity contribution in [1.29, 1.82) is 0 Å². The van der Waals surface area contributed by atoms with Crippen LogP contribution in [0.4, 0.5) is 0 Å². The van der Waals surface area contributed by atoms with Crippen LogP contribution in [0.1, 0.15) is 76.8 Å². The number of benzene rings is 2. The highest BCUT2D eigenvalue weighted by Gasteiger charge is 2.08. The van der Waals surface area contributed by atoms with Crippen molar-refractivity contribution in [2.75, 3.05) is 0 Å². The van der Waals surface area contributed by atoms with Crippen molar-refractivity contribution < 1.29 is 19.2 Å². The van der Waals surface area contributed by atoms with E-state index in [-0.39, 0.29) is 23.6 Å². The lowest BCUT2D eigenvalue weighted by molar-refractivity contribution is -0.122. The molecule has 0 unspecified atom stereocenters. The van der Waals surface area contributed by atoms with Crippen LogP contribution in [0.2, 0.25) is 0 Å². The molecule has 0 bridgehead atoms. The van der Waals surface area contributed by atoms with E-state index in [0.29, 0.717) is 36.8 Å². The second-order valence-corrected chi connectivity index (χ2v) is 8.00. The zero-order valence-electron chi connectivity index (χ0n) is 19.2. The van der Waals surface area contributed by atoms with E-state index in [1.54, 1.807) is 24.3 Å². The molecule has 176 valence electrons. The maximum Gasteiger partial charge on any atom is 0.269 e. The first-order valence-electron chi connectivity index (χ1n) is 11.2. The van der Waals surface area contributed by atoms with E-state index >= 15 is 0 Å². The van der Waals surface area contributed by atoms with Crippen LogP contribution in [0.15, 0.2) is 48.5 Å². The van der Waals surface area contributed by atoms with Crippen LogP contribution in [-0.2, 0) is 9.59 Å². The first kappa shape index (κ1) is 25.6. The van der Waals surface area contributed by atoms with E-state index in [0.717, 1.165) is 30.4 Å². The monoisotopic (exact) mass is 452 g/mol. The highest BCUT2D eigenvalue weighted by atomic mass is 16.2. The second kappa shape index (κ2) is 13.7. The number of hydrazine groups is 2. The smallest absolute Gasteiger partial charge is 0.269 e. The number of carbonyl (C=O) groups excluding carboxylic acids is 4. The van der Waals surface area contributed by atoms with Crippen molar-refractivity contribution in [3.63, 3.8) is 0 Å². The third kappa shape index (κ3) is 9.99. The Morgan fingerprint density at radius 3 is 1.21 bits per heavy atom. The Morgan fingerprint density at radius 1 is 0.515 bits per heavy atom. The quantitative estimate of drug-likeness (QED) is 0.327. The van der Waals surface area contributed by atoms with Crippen LogP contribution in [-0.4, -0.2) is 23.6 Å². The van der Waals surface area contributed by atoms with Crippen molar-refractivity contribution in [1.82, 2.24) is 21.7 Å². The van der Waals surface area contributed by atoms with Gasteiger partial charge in [-0.1, -0.05) is 54.7 Å². The van der Waals surface area contributed by atoms with E-state index in [1.165, 1.54) is 0 Å². The Hall–Kier alpha value is -3.68. The molecule has 4 amide bonds. The largest absolute Gasteiger partial charge is 0.273 e. The summed E-state index contributed by atoms with van der Waals surface area (Å²) in [5, 5.41) is 0. The number of unbranched alkanes of at least 4 members (excludes halogenated alkanes) is 4. The van der Waals surface area contributed by atoms with E-state index in [9.17, 15) is 19.2 Å². The molecule has 2 aromatic rings. The summed E-state index contributed by atoms with van der Waals surface area (Å²) < 4.78 is 0. The third-order valence-corrected chi connectivity index (χ3v) is 5.07. The van der Waals surface area contributed by atoms with Crippen molar-refractivity contribution in [3.05, 3.63) is 70.8 Å². The molecule has 0 saturated carbocycles. The molecule has 0 atom stereocenters. The van der Waals surface area contributed by atoms with E-state index in [1.807, 2.05) is 38.1 Å². The Morgan fingerprint density at radius 2 is 0.848 bits per heavy atom. The second-order valence-electron chi connectivity index (χ2n) is 8.00. The molecule has 4 N–H and O–H groups in total. The Kier molecular flexibility index (Phi) is 10.6. The number of rotatable bonds is 10. The summed E-state index contributed by atoms with van der Waals surface area (Å²) in [5.41, 5.74) is 12.8. The first-order valence-corrected chi connectivity index (χ1v) is 11.2. The summed E-state index contributed by atoms with van der Waals surface area (Å²) >= 11 is 0. The molecule has 2 rings (SSSR count). The van der Waals surface area contributed by atoms with Crippen LogP contribution < -0.4 is 21.7 Å². The Labute approximate surface area is 194 Å². The van der Waals surface area contributed by atoms with E-state index in [4.69, 9.17) is 0 Å². The van der Waals surface area contributed by atoms with Gasteiger partial charge in [0, 0.05) is 24.0 Å². The zero-order chi connectivity index (χ0) is 24.1. The molecule has 0 saturated heterocycles. The fourth-order valence-corrected chi connectivity index (χ4v) is 3.03. The lowest BCUT2D eigenvalue weighted by Gasteiger charge is -2.08. The minimum atomic E-state index is -0.350. The van der Waals surface area contributed by atoms with Crippen LogP contribution in [0.5, 0.6) is 0 Å². The lowest BCUT2D eigenvalue weighted by atomic mass is 10.1. The minimum absolute atomic E-state index is 0.237. The summed E-state index contributed by atoms with van der Waals surface area (Å²) in [6, 6.07) is 14.2. The molecule has 0 radical (unpaired) electrons. The predicted molar refractivity (Wildman–Crippen MR) is 126 cm³/mol. The summed E-state index contributed by atoms with van der Waals surface area (Å²) in [5.74, 6) is -1.17. The number of nitrogens with one attached hydrogen (secondary N) is 4. The molecule has 0 spiro atoms. The van der Waals surface area contributed by atoms with Crippen molar-refractivity contribution >= 4 is 23.6 Å². The molecule has 33 heavy (non-hydrogen) atoms. The molecule has 0 aliphatic carbocycles. The molecule has 2 aromatic carbocycles. The average molecular weight is 453 g/mol. The highest BCUT2D eigenvalue weighted by molar-refractivity contribution is 5.96. The van der Waals surface area contributed by atoms with Gasteiger partial charge in [0.15, 0.2) is 0 Å². The van der Waals surface area contributed by atoms with Crippen LogP contribution >= 0.6 is 0 Å². The molecule has 8 heteroatoms. The molecule has 0 fully saturated rings. The summed E-state index contributed by atoms with van der Waals surface area (Å²) in [4.78, 5) is 47.6. The van der Waals surface area contributed by atoms with Crippen LogP contribution in [0.3, 0.4) is 0 Å². The van der Waals surface area contributed by atoms with Crippen molar-refractivity contribution in [2.24, 2.45) is 0 Å². The highest BCUT2D eigenvalue weighted by Crippen LogP contribution is 2.07. The summed E-state index contributed by atoms with van der Waals surface area (Å²) in [6.45, 7) is 3.87. The summed E-state index contributed by atoms with van der Waals surface area (Å²) in [6.07, 6.45) is 4.64. The van der Waals surface area contributed by atoms with Gasteiger partial charge in [0.2, 0.25) is 11.8 Å². The number of hydrogen-bond acceptors (Lipinski definition) is 4. The van der Waals surface area contributed by atoms with E-state index < -0.39 is 0 Å². The van der Waals surface area contributed by atoms with Crippen molar-refractivity contribution in [2.45, 2.75) is 58.8 Å². The third-order valence-electron chi connectivity index (χ3n) is 5.07. The lowest BCUT2D eigenvalue weighted by Crippen LogP contribution is -2.41. The molecular weight excluding hydrogens is 420 g/mol. The molecule has 8 nitrogen and oxygen atoms in total. The molecule has 0 aliphatic heterocycles.